The van der Waals surface area contributed by atoms with E-state index in [1.807, 2.05) is 13.8 Å². The van der Waals surface area contributed by atoms with Gasteiger partial charge in [0.05, 0.1) is 23.7 Å². The van der Waals surface area contributed by atoms with Crippen molar-refractivity contribution in [1.29, 1.82) is 0 Å². The summed E-state index contributed by atoms with van der Waals surface area (Å²) in [6.07, 6.45) is -4.54. The smallest absolute Gasteiger partial charge is 0.399 e. The first-order valence-corrected chi connectivity index (χ1v) is 6.23. The van der Waals surface area contributed by atoms with Gasteiger partial charge in [-0.2, -0.15) is 13.2 Å². The van der Waals surface area contributed by atoms with Crippen molar-refractivity contribution < 1.29 is 17.9 Å². The van der Waals surface area contributed by atoms with Gasteiger partial charge in [-0.25, -0.2) is 4.98 Å². The van der Waals surface area contributed by atoms with Gasteiger partial charge in [-0.05, 0) is 32.0 Å². The van der Waals surface area contributed by atoms with Crippen LogP contribution in [0.5, 0.6) is 0 Å². The third kappa shape index (κ3) is 3.04. The Labute approximate surface area is 114 Å². The Kier molecular flexibility index (Phi) is 3.89. The lowest BCUT2D eigenvalue weighted by atomic mass is 10.3. The Morgan fingerprint density at radius 1 is 1.35 bits per heavy atom. The zero-order valence-electron chi connectivity index (χ0n) is 11.2. The summed E-state index contributed by atoms with van der Waals surface area (Å²) in [5.74, 6) is -0.926. The molecule has 2 N–H and O–H groups in total. The van der Waals surface area contributed by atoms with Gasteiger partial charge >= 0.3 is 6.18 Å². The number of nitrogen functional groups attached to an aromatic ring is 1. The van der Waals surface area contributed by atoms with Crippen molar-refractivity contribution in [3.63, 3.8) is 0 Å². The molecule has 2 rings (SSSR count). The highest BCUT2D eigenvalue weighted by atomic mass is 19.4. The molecule has 0 saturated heterocycles. The van der Waals surface area contributed by atoms with Crippen molar-refractivity contribution in [2.75, 3.05) is 12.3 Å². The number of anilines is 1. The molecule has 110 valence electrons. The van der Waals surface area contributed by atoms with Gasteiger partial charge in [0.2, 0.25) is 5.82 Å². The monoisotopic (exact) mass is 287 g/mol. The van der Waals surface area contributed by atoms with Crippen LogP contribution in [0.15, 0.2) is 18.2 Å². The SMILES string of the molecule is CC(C)OCCn1c(C(F)(F)F)nc2cc(N)ccc21. The first-order chi connectivity index (χ1) is 9.29. The van der Waals surface area contributed by atoms with E-state index in [1.165, 1.54) is 6.07 Å². The number of alkyl halides is 3. The molecule has 7 heteroatoms. The van der Waals surface area contributed by atoms with Crippen LogP contribution in [0.25, 0.3) is 11.0 Å². The van der Waals surface area contributed by atoms with Gasteiger partial charge in [0, 0.05) is 12.2 Å². The van der Waals surface area contributed by atoms with E-state index in [2.05, 4.69) is 4.98 Å². The first-order valence-electron chi connectivity index (χ1n) is 6.23. The third-order valence-electron chi connectivity index (χ3n) is 2.79. The zero-order valence-corrected chi connectivity index (χ0v) is 11.2. The highest BCUT2D eigenvalue weighted by molar-refractivity contribution is 5.79. The fourth-order valence-corrected chi connectivity index (χ4v) is 1.97. The molecule has 0 aliphatic heterocycles. The second kappa shape index (κ2) is 5.32. The fourth-order valence-electron chi connectivity index (χ4n) is 1.97. The number of imidazole rings is 1. The van der Waals surface area contributed by atoms with E-state index in [9.17, 15) is 13.2 Å². The predicted octanol–water partition coefficient (Wildman–Crippen LogP) is 3.06. The maximum Gasteiger partial charge on any atom is 0.449 e. The van der Waals surface area contributed by atoms with E-state index in [0.717, 1.165) is 4.57 Å². The van der Waals surface area contributed by atoms with E-state index in [1.54, 1.807) is 12.1 Å². The lowest BCUT2D eigenvalue weighted by molar-refractivity contribution is -0.147. The van der Waals surface area contributed by atoms with E-state index in [0.29, 0.717) is 11.2 Å². The van der Waals surface area contributed by atoms with Crippen molar-refractivity contribution in [3.05, 3.63) is 24.0 Å². The second-order valence-electron chi connectivity index (χ2n) is 4.75. The van der Waals surface area contributed by atoms with Crippen LogP contribution >= 0.6 is 0 Å². The molecular formula is C13H16F3N3O. The molecule has 0 bridgehead atoms. The second-order valence-corrected chi connectivity index (χ2v) is 4.75. The summed E-state index contributed by atoms with van der Waals surface area (Å²) >= 11 is 0. The highest BCUT2D eigenvalue weighted by Gasteiger charge is 2.37. The maximum absolute atomic E-state index is 13.0. The van der Waals surface area contributed by atoms with Gasteiger partial charge in [-0.15, -0.1) is 0 Å². The van der Waals surface area contributed by atoms with Crippen molar-refractivity contribution in [2.45, 2.75) is 32.7 Å². The molecule has 20 heavy (non-hydrogen) atoms. The third-order valence-corrected chi connectivity index (χ3v) is 2.79. The first kappa shape index (κ1) is 14.6. The van der Waals surface area contributed by atoms with Gasteiger partial charge < -0.3 is 15.0 Å². The topological polar surface area (TPSA) is 53.1 Å². The summed E-state index contributed by atoms with van der Waals surface area (Å²) in [5, 5.41) is 0. The van der Waals surface area contributed by atoms with Crippen LogP contribution in [0, 0.1) is 0 Å². The van der Waals surface area contributed by atoms with Crippen LogP contribution in [0.2, 0.25) is 0 Å². The number of halogens is 3. The zero-order chi connectivity index (χ0) is 14.9. The number of hydrogen-bond acceptors (Lipinski definition) is 3. The fraction of sp³-hybridized carbons (Fsp3) is 0.462. The summed E-state index contributed by atoms with van der Waals surface area (Å²) in [4.78, 5) is 3.64. The Morgan fingerprint density at radius 3 is 2.65 bits per heavy atom. The average Bonchev–Trinajstić information content (AvgIpc) is 2.66. The average molecular weight is 287 g/mol. The lowest BCUT2D eigenvalue weighted by Crippen LogP contribution is -2.18. The highest BCUT2D eigenvalue weighted by Crippen LogP contribution is 2.32. The molecule has 0 saturated carbocycles. The molecule has 1 heterocycles. The maximum atomic E-state index is 13.0. The van der Waals surface area contributed by atoms with Gasteiger partial charge in [-0.3, -0.25) is 0 Å². The molecule has 0 aliphatic rings. The minimum absolute atomic E-state index is 0.0326. The number of ether oxygens (including phenoxy) is 1. The minimum atomic E-state index is -4.51. The van der Waals surface area contributed by atoms with Crippen LogP contribution < -0.4 is 5.73 Å². The Hall–Kier alpha value is -1.76. The Balaban J connectivity index is 2.42. The minimum Gasteiger partial charge on any atom is -0.399 e. The van der Waals surface area contributed by atoms with Crippen molar-refractivity contribution in [3.8, 4) is 0 Å². The molecule has 0 amide bonds. The number of aromatic nitrogens is 2. The molecule has 0 radical (unpaired) electrons. The van der Waals surface area contributed by atoms with Crippen molar-refractivity contribution in [1.82, 2.24) is 9.55 Å². The number of nitrogens with two attached hydrogens (primary N) is 1. The normalized spacial score (nSPS) is 12.5. The van der Waals surface area contributed by atoms with Crippen LogP contribution in [0.1, 0.15) is 19.7 Å². The van der Waals surface area contributed by atoms with Gasteiger partial charge in [0.1, 0.15) is 0 Å². The molecule has 0 atom stereocenters. The van der Waals surface area contributed by atoms with Crippen LogP contribution in [-0.4, -0.2) is 22.3 Å². The van der Waals surface area contributed by atoms with Crippen LogP contribution in [0.4, 0.5) is 18.9 Å². The van der Waals surface area contributed by atoms with E-state index < -0.39 is 12.0 Å². The largest absolute Gasteiger partial charge is 0.449 e. The van der Waals surface area contributed by atoms with Crippen LogP contribution in [-0.2, 0) is 17.5 Å². The summed E-state index contributed by atoms with van der Waals surface area (Å²) < 4.78 is 45.5. The summed E-state index contributed by atoms with van der Waals surface area (Å²) in [6.45, 7) is 3.94. The Bertz CT molecular complexity index is 605. The van der Waals surface area contributed by atoms with Crippen LogP contribution in [0.3, 0.4) is 0 Å². The van der Waals surface area contributed by atoms with Gasteiger partial charge in [-0.1, -0.05) is 0 Å². The number of nitrogens with zero attached hydrogens (tertiary/aromatic N) is 2. The number of hydrogen-bond donors (Lipinski definition) is 1. The predicted molar refractivity (Wildman–Crippen MR) is 70.2 cm³/mol. The summed E-state index contributed by atoms with van der Waals surface area (Å²) in [7, 11) is 0. The molecule has 1 aromatic carbocycles. The lowest BCUT2D eigenvalue weighted by Gasteiger charge is -2.13. The molecule has 0 aliphatic carbocycles. The number of rotatable bonds is 4. The van der Waals surface area contributed by atoms with Gasteiger partial charge in [0.15, 0.2) is 0 Å². The van der Waals surface area contributed by atoms with E-state index >= 15 is 0 Å². The van der Waals surface area contributed by atoms with E-state index in [4.69, 9.17) is 10.5 Å². The Morgan fingerprint density at radius 2 is 2.05 bits per heavy atom. The summed E-state index contributed by atoms with van der Waals surface area (Å²) in [6, 6.07) is 4.54. The molecule has 0 fully saturated rings. The molecule has 0 unspecified atom stereocenters. The molecule has 1 aromatic heterocycles. The quantitative estimate of drug-likeness (QED) is 0.879. The van der Waals surface area contributed by atoms with Gasteiger partial charge in [0.25, 0.3) is 0 Å². The molecular weight excluding hydrogens is 271 g/mol. The molecule has 0 spiro atoms. The van der Waals surface area contributed by atoms with Crippen molar-refractivity contribution >= 4 is 16.7 Å². The number of benzene rings is 1. The number of fused-ring (bicyclic) bond motifs is 1. The summed E-state index contributed by atoms with van der Waals surface area (Å²) in [5.41, 5.74) is 6.60. The van der Waals surface area contributed by atoms with Crippen molar-refractivity contribution in [2.24, 2.45) is 0 Å². The molecule has 2 aromatic rings. The standard InChI is InChI=1S/C13H16F3N3O/c1-8(2)20-6-5-19-11-4-3-9(17)7-10(11)18-12(19)13(14,15)16/h3-4,7-8H,5-6,17H2,1-2H3. The van der Waals surface area contributed by atoms with E-state index in [-0.39, 0.29) is 24.8 Å². The molecule has 4 nitrogen and oxygen atoms in total.